The van der Waals surface area contributed by atoms with Gasteiger partial charge in [0.1, 0.15) is 11.6 Å². The average molecular weight is 356 g/mol. The number of benzene rings is 2. The third kappa shape index (κ3) is 3.25. The number of halogens is 3. The Bertz CT molecular complexity index is 714. The highest BCUT2D eigenvalue weighted by Crippen LogP contribution is 2.22. The zero-order valence-corrected chi connectivity index (χ0v) is 11.9. The topological polar surface area (TPSA) is 66.4 Å². The summed E-state index contributed by atoms with van der Waals surface area (Å²) in [5, 5.41) is 11.1. The molecule has 2 N–H and O–H groups in total. The van der Waals surface area contributed by atoms with Crippen LogP contribution in [-0.2, 0) is 0 Å². The number of hydrogen-bond acceptors (Lipinski definition) is 2. The fourth-order valence-electron chi connectivity index (χ4n) is 1.68. The van der Waals surface area contributed by atoms with Crippen molar-refractivity contribution in [1.82, 2.24) is 0 Å². The molecule has 0 radical (unpaired) electrons. The summed E-state index contributed by atoms with van der Waals surface area (Å²) in [5.74, 6) is -3.89. The van der Waals surface area contributed by atoms with Gasteiger partial charge < -0.3 is 10.4 Å². The van der Waals surface area contributed by atoms with Crippen molar-refractivity contribution < 1.29 is 23.5 Å². The number of carbonyl (C=O) groups excluding carboxylic acids is 1. The predicted molar refractivity (Wildman–Crippen MR) is 75.4 cm³/mol. The Morgan fingerprint density at radius 2 is 1.81 bits per heavy atom. The lowest BCUT2D eigenvalue weighted by Gasteiger charge is -2.09. The Morgan fingerprint density at radius 3 is 2.43 bits per heavy atom. The quantitative estimate of drug-likeness (QED) is 0.882. The number of carboxylic acids is 1. The van der Waals surface area contributed by atoms with Crippen LogP contribution in [0.25, 0.3) is 0 Å². The summed E-state index contributed by atoms with van der Waals surface area (Å²) in [6.07, 6.45) is 0. The van der Waals surface area contributed by atoms with E-state index in [0.717, 1.165) is 18.2 Å². The molecule has 0 unspecified atom stereocenters. The van der Waals surface area contributed by atoms with Gasteiger partial charge in [-0.3, -0.25) is 4.79 Å². The van der Waals surface area contributed by atoms with Crippen LogP contribution in [-0.4, -0.2) is 17.0 Å². The molecule has 0 saturated carbocycles. The lowest BCUT2D eigenvalue weighted by Crippen LogP contribution is -2.15. The largest absolute Gasteiger partial charge is 0.478 e. The van der Waals surface area contributed by atoms with Gasteiger partial charge in [0.25, 0.3) is 5.91 Å². The van der Waals surface area contributed by atoms with Gasteiger partial charge in [-0.2, -0.15) is 0 Å². The Morgan fingerprint density at radius 1 is 1.10 bits per heavy atom. The van der Waals surface area contributed by atoms with Gasteiger partial charge in [-0.15, -0.1) is 0 Å². The van der Waals surface area contributed by atoms with Crippen LogP contribution in [0.1, 0.15) is 20.7 Å². The minimum absolute atomic E-state index is 0.0500. The molecule has 21 heavy (non-hydrogen) atoms. The highest BCUT2D eigenvalue weighted by Gasteiger charge is 2.17. The second kappa shape index (κ2) is 6.01. The van der Waals surface area contributed by atoms with Crippen molar-refractivity contribution in [3.05, 3.63) is 63.6 Å². The number of aromatic carboxylic acids is 1. The molecule has 1 amide bonds. The predicted octanol–water partition coefficient (Wildman–Crippen LogP) is 3.68. The first-order valence-corrected chi connectivity index (χ1v) is 6.47. The molecule has 0 spiro atoms. The van der Waals surface area contributed by atoms with Crippen molar-refractivity contribution in [2.24, 2.45) is 0 Å². The number of carboxylic acid groups (broad SMARTS) is 1. The molecule has 2 rings (SSSR count). The van der Waals surface area contributed by atoms with E-state index in [1.807, 2.05) is 0 Å². The summed E-state index contributed by atoms with van der Waals surface area (Å²) in [7, 11) is 0. The summed E-state index contributed by atoms with van der Waals surface area (Å²) in [6.45, 7) is 0. The molecular weight excluding hydrogens is 348 g/mol. The van der Waals surface area contributed by atoms with Crippen LogP contribution in [0.4, 0.5) is 14.5 Å². The molecule has 108 valence electrons. The van der Waals surface area contributed by atoms with E-state index in [0.29, 0.717) is 0 Å². The van der Waals surface area contributed by atoms with Gasteiger partial charge >= 0.3 is 5.97 Å². The number of anilines is 1. The third-order valence-electron chi connectivity index (χ3n) is 2.64. The standard InChI is InChI=1S/C14H8BrF2NO3/c15-9-2-1-3-11(17)12(9)13(19)18-7-4-5-10(16)8(6-7)14(20)21/h1-6H,(H,18,19)(H,20,21). The summed E-state index contributed by atoms with van der Waals surface area (Å²) >= 11 is 3.06. The van der Waals surface area contributed by atoms with Crippen LogP contribution in [0, 0.1) is 11.6 Å². The molecule has 0 aliphatic carbocycles. The van der Waals surface area contributed by atoms with E-state index in [9.17, 15) is 18.4 Å². The minimum Gasteiger partial charge on any atom is -0.478 e. The van der Waals surface area contributed by atoms with Gasteiger partial charge in [-0.05, 0) is 46.3 Å². The van der Waals surface area contributed by atoms with Crippen molar-refractivity contribution >= 4 is 33.5 Å². The molecule has 4 nitrogen and oxygen atoms in total. The number of nitrogens with one attached hydrogen (secondary N) is 1. The molecule has 0 fully saturated rings. The van der Waals surface area contributed by atoms with Crippen LogP contribution >= 0.6 is 15.9 Å². The van der Waals surface area contributed by atoms with E-state index in [1.165, 1.54) is 18.2 Å². The second-order valence-corrected chi connectivity index (χ2v) is 4.90. The third-order valence-corrected chi connectivity index (χ3v) is 3.31. The first-order valence-electron chi connectivity index (χ1n) is 5.68. The van der Waals surface area contributed by atoms with Crippen molar-refractivity contribution in [2.75, 3.05) is 5.32 Å². The summed E-state index contributed by atoms with van der Waals surface area (Å²) < 4.78 is 27.1. The molecule has 2 aromatic carbocycles. The Balaban J connectivity index is 2.32. The molecule has 2 aromatic rings. The number of carbonyl (C=O) groups is 2. The molecule has 0 aliphatic heterocycles. The van der Waals surface area contributed by atoms with Crippen LogP contribution in [0.5, 0.6) is 0 Å². The lowest BCUT2D eigenvalue weighted by molar-refractivity contribution is 0.0691. The van der Waals surface area contributed by atoms with E-state index in [1.54, 1.807) is 0 Å². The monoisotopic (exact) mass is 355 g/mol. The van der Waals surface area contributed by atoms with Gasteiger partial charge in [0.05, 0.1) is 11.1 Å². The summed E-state index contributed by atoms with van der Waals surface area (Å²) in [5.41, 5.74) is -0.756. The highest BCUT2D eigenvalue weighted by atomic mass is 79.9. The first-order chi connectivity index (χ1) is 9.90. The average Bonchev–Trinajstić information content (AvgIpc) is 2.40. The Hall–Kier alpha value is -2.28. The Kier molecular flexibility index (Phi) is 4.32. The van der Waals surface area contributed by atoms with Gasteiger partial charge in [0, 0.05) is 10.2 Å². The van der Waals surface area contributed by atoms with E-state index in [-0.39, 0.29) is 15.7 Å². The smallest absolute Gasteiger partial charge is 0.338 e. The molecule has 7 heteroatoms. The van der Waals surface area contributed by atoms with Crippen molar-refractivity contribution in [1.29, 1.82) is 0 Å². The van der Waals surface area contributed by atoms with E-state index in [2.05, 4.69) is 21.2 Å². The molecule has 0 heterocycles. The summed E-state index contributed by atoms with van der Waals surface area (Å²) in [4.78, 5) is 22.8. The van der Waals surface area contributed by atoms with Crippen LogP contribution < -0.4 is 5.32 Å². The van der Waals surface area contributed by atoms with Gasteiger partial charge in [0.2, 0.25) is 0 Å². The van der Waals surface area contributed by atoms with E-state index < -0.39 is 29.1 Å². The van der Waals surface area contributed by atoms with Crippen molar-refractivity contribution in [3.8, 4) is 0 Å². The molecule has 0 atom stereocenters. The van der Waals surface area contributed by atoms with E-state index in [4.69, 9.17) is 5.11 Å². The SMILES string of the molecule is O=C(O)c1cc(NC(=O)c2c(F)cccc2Br)ccc1F. The molecule has 0 saturated heterocycles. The lowest BCUT2D eigenvalue weighted by atomic mass is 10.1. The second-order valence-electron chi connectivity index (χ2n) is 4.05. The van der Waals surface area contributed by atoms with Gasteiger partial charge in [0.15, 0.2) is 0 Å². The maximum absolute atomic E-state index is 13.6. The number of rotatable bonds is 3. The van der Waals surface area contributed by atoms with E-state index >= 15 is 0 Å². The minimum atomic E-state index is -1.46. The first kappa shape index (κ1) is 15.1. The normalized spacial score (nSPS) is 10.2. The fraction of sp³-hybridized carbons (Fsp3) is 0. The molecule has 0 aliphatic rings. The molecule has 0 aromatic heterocycles. The Labute approximate surface area is 126 Å². The zero-order chi connectivity index (χ0) is 15.6. The number of amides is 1. The van der Waals surface area contributed by atoms with Crippen LogP contribution in [0.2, 0.25) is 0 Å². The van der Waals surface area contributed by atoms with Crippen molar-refractivity contribution in [2.45, 2.75) is 0 Å². The zero-order valence-electron chi connectivity index (χ0n) is 10.4. The molecule has 0 bridgehead atoms. The highest BCUT2D eigenvalue weighted by molar-refractivity contribution is 9.10. The van der Waals surface area contributed by atoms with Crippen molar-refractivity contribution in [3.63, 3.8) is 0 Å². The molecular formula is C14H8BrF2NO3. The van der Waals surface area contributed by atoms with Gasteiger partial charge in [-0.25, -0.2) is 13.6 Å². The maximum Gasteiger partial charge on any atom is 0.338 e. The van der Waals surface area contributed by atoms with Crippen LogP contribution in [0.15, 0.2) is 40.9 Å². The maximum atomic E-state index is 13.6. The number of hydrogen-bond donors (Lipinski definition) is 2. The summed E-state index contributed by atoms with van der Waals surface area (Å²) in [6, 6.07) is 7.10. The van der Waals surface area contributed by atoms with Gasteiger partial charge in [-0.1, -0.05) is 6.07 Å². The van der Waals surface area contributed by atoms with Crippen LogP contribution in [0.3, 0.4) is 0 Å². The fourth-order valence-corrected chi connectivity index (χ4v) is 2.20.